The zero-order chi connectivity index (χ0) is 19.8. The van der Waals surface area contributed by atoms with E-state index >= 15 is 0 Å². The summed E-state index contributed by atoms with van der Waals surface area (Å²) in [7, 11) is 0. The van der Waals surface area contributed by atoms with Gasteiger partial charge in [0.15, 0.2) is 11.5 Å². The monoisotopic (exact) mass is 388 g/mol. The third-order valence-electron chi connectivity index (χ3n) is 5.38. The van der Waals surface area contributed by atoms with E-state index in [1.807, 2.05) is 48.5 Å². The SMILES string of the molecule is O=C(Nc1cccc2ccccc12)[C@@H]1CC(=O)N(c2ccc3c(c2)OCCO3)C1. The van der Waals surface area contributed by atoms with Gasteiger partial charge in [-0.1, -0.05) is 36.4 Å². The topological polar surface area (TPSA) is 67.9 Å². The molecule has 0 saturated carbocycles. The number of ether oxygens (including phenoxy) is 2. The summed E-state index contributed by atoms with van der Waals surface area (Å²) in [6.45, 7) is 1.35. The van der Waals surface area contributed by atoms with Gasteiger partial charge in [-0.2, -0.15) is 0 Å². The van der Waals surface area contributed by atoms with Crippen molar-refractivity contribution in [3.8, 4) is 11.5 Å². The molecule has 3 aromatic rings. The summed E-state index contributed by atoms with van der Waals surface area (Å²) < 4.78 is 11.1. The van der Waals surface area contributed by atoms with Crippen LogP contribution in [0.5, 0.6) is 11.5 Å². The zero-order valence-electron chi connectivity index (χ0n) is 15.8. The van der Waals surface area contributed by atoms with Crippen molar-refractivity contribution < 1.29 is 19.1 Å². The van der Waals surface area contributed by atoms with E-state index in [2.05, 4.69) is 5.32 Å². The molecular formula is C23H20N2O4. The molecule has 5 rings (SSSR count). The van der Waals surface area contributed by atoms with Crippen LogP contribution in [-0.2, 0) is 9.59 Å². The van der Waals surface area contributed by atoms with Crippen molar-refractivity contribution >= 4 is 34.0 Å². The number of anilines is 2. The molecule has 3 aromatic carbocycles. The number of nitrogens with one attached hydrogen (secondary N) is 1. The Morgan fingerprint density at radius 3 is 2.66 bits per heavy atom. The minimum atomic E-state index is -0.408. The molecule has 1 N–H and O–H groups in total. The molecule has 6 heteroatoms. The van der Waals surface area contributed by atoms with Crippen molar-refractivity contribution in [1.82, 2.24) is 0 Å². The second kappa shape index (κ2) is 7.13. The van der Waals surface area contributed by atoms with Crippen LogP contribution < -0.4 is 19.7 Å². The number of nitrogens with zero attached hydrogens (tertiary/aromatic N) is 1. The molecule has 0 radical (unpaired) electrons. The summed E-state index contributed by atoms with van der Waals surface area (Å²) in [4.78, 5) is 27.1. The molecule has 2 heterocycles. The normalized spacial score (nSPS) is 18.1. The summed E-state index contributed by atoms with van der Waals surface area (Å²) in [5.74, 6) is 0.686. The number of carbonyl (C=O) groups is 2. The second-order valence-electron chi connectivity index (χ2n) is 7.25. The van der Waals surface area contributed by atoms with Gasteiger partial charge in [0.1, 0.15) is 13.2 Å². The van der Waals surface area contributed by atoms with Crippen LogP contribution in [-0.4, -0.2) is 31.6 Å². The van der Waals surface area contributed by atoms with Gasteiger partial charge in [0, 0.05) is 35.8 Å². The van der Waals surface area contributed by atoms with Gasteiger partial charge in [-0.05, 0) is 23.6 Å². The Bertz CT molecular complexity index is 1110. The maximum absolute atomic E-state index is 12.9. The van der Waals surface area contributed by atoms with Gasteiger partial charge < -0.3 is 19.7 Å². The van der Waals surface area contributed by atoms with Gasteiger partial charge in [-0.15, -0.1) is 0 Å². The lowest BCUT2D eigenvalue weighted by atomic mass is 10.1. The zero-order valence-corrected chi connectivity index (χ0v) is 15.8. The molecule has 1 atom stereocenters. The number of fused-ring (bicyclic) bond motifs is 2. The number of amides is 2. The minimum Gasteiger partial charge on any atom is -0.486 e. The lowest BCUT2D eigenvalue weighted by Gasteiger charge is -2.22. The molecule has 2 aliphatic heterocycles. The number of hydrogen-bond acceptors (Lipinski definition) is 4. The first-order valence-corrected chi connectivity index (χ1v) is 9.68. The maximum Gasteiger partial charge on any atom is 0.229 e. The fourth-order valence-electron chi connectivity index (χ4n) is 3.90. The highest BCUT2D eigenvalue weighted by atomic mass is 16.6. The Morgan fingerprint density at radius 1 is 0.966 bits per heavy atom. The Morgan fingerprint density at radius 2 is 1.76 bits per heavy atom. The lowest BCUT2D eigenvalue weighted by Crippen LogP contribution is -2.28. The molecule has 0 spiro atoms. The summed E-state index contributed by atoms with van der Waals surface area (Å²) >= 11 is 0. The van der Waals surface area contributed by atoms with Gasteiger partial charge in [-0.25, -0.2) is 0 Å². The van der Waals surface area contributed by atoms with Crippen LogP contribution in [0, 0.1) is 5.92 Å². The van der Waals surface area contributed by atoms with Crippen molar-refractivity contribution in [1.29, 1.82) is 0 Å². The van der Waals surface area contributed by atoms with Gasteiger partial charge in [0.25, 0.3) is 0 Å². The average Bonchev–Trinajstić information content (AvgIpc) is 3.15. The van der Waals surface area contributed by atoms with Crippen molar-refractivity contribution in [3.63, 3.8) is 0 Å². The second-order valence-corrected chi connectivity index (χ2v) is 7.25. The first-order valence-electron chi connectivity index (χ1n) is 9.68. The average molecular weight is 388 g/mol. The molecule has 2 amide bonds. The van der Waals surface area contributed by atoms with E-state index in [-0.39, 0.29) is 18.2 Å². The molecule has 1 fully saturated rings. The fraction of sp³-hybridized carbons (Fsp3) is 0.217. The summed E-state index contributed by atoms with van der Waals surface area (Å²) in [5, 5.41) is 5.05. The van der Waals surface area contributed by atoms with Gasteiger partial charge in [-0.3, -0.25) is 9.59 Å². The van der Waals surface area contributed by atoms with E-state index in [9.17, 15) is 9.59 Å². The molecule has 0 aliphatic carbocycles. The van der Waals surface area contributed by atoms with Gasteiger partial charge >= 0.3 is 0 Å². The van der Waals surface area contributed by atoms with Crippen LogP contribution >= 0.6 is 0 Å². The summed E-state index contributed by atoms with van der Waals surface area (Å²) in [5.41, 5.74) is 1.48. The van der Waals surface area contributed by atoms with Crippen molar-refractivity contribution in [3.05, 3.63) is 60.7 Å². The maximum atomic E-state index is 12.9. The highest BCUT2D eigenvalue weighted by Crippen LogP contribution is 2.36. The highest BCUT2D eigenvalue weighted by Gasteiger charge is 2.35. The smallest absolute Gasteiger partial charge is 0.229 e. The Labute approximate surface area is 168 Å². The fourth-order valence-corrected chi connectivity index (χ4v) is 3.90. The number of hydrogen-bond donors (Lipinski definition) is 1. The molecule has 0 unspecified atom stereocenters. The minimum absolute atomic E-state index is 0.0697. The van der Waals surface area contributed by atoms with Crippen LogP contribution in [0.25, 0.3) is 10.8 Å². The van der Waals surface area contributed by atoms with Crippen molar-refractivity contribution in [2.24, 2.45) is 5.92 Å². The third-order valence-corrected chi connectivity index (χ3v) is 5.38. The largest absolute Gasteiger partial charge is 0.486 e. The summed E-state index contributed by atoms with van der Waals surface area (Å²) in [6, 6.07) is 19.1. The van der Waals surface area contributed by atoms with Crippen molar-refractivity contribution in [2.75, 3.05) is 30.0 Å². The first-order chi connectivity index (χ1) is 14.2. The third kappa shape index (κ3) is 3.27. The van der Waals surface area contributed by atoms with E-state index in [1.54, 1.807) is 17.0 Å². The van der Waals surface area contributed by atoms with Crippen LogP contribution in [0.15, 0.2) is 60.7 Å². The first kappa shape index (κ1) is 17.6. The van der Waals surface area contributed by atoms with Crippen LogP contribution in [0.3, 0.4) is 0 Å². The van der Waals surface area contributed by atoms with E-state index in [0.29, 0.717) is 31.3 Å². The van der Waals surface area contributed by atoms with E-state index in [0.717, 1.165) is 22.1 Å². The van der Waals surface area contributed by atoms with Crippen LogP contribution in [0.2, 0.25) is 0 Å². The Kier molecular flexibility index (Phi) is 4.31. The predicted octanol–water partition coefficient (Wildman–Crippen LogP) is 3.60. The molecule has 146 valence electrons. The predicted molar refractivity (Wildman–Crippen MR) is 110 cm³/mol. The van der Waals surface area contributed by atoms with Crippen molar-refractivity contribution in [2.45, 2.75) is 6.42 Å². The van der Waals surface area contributed by atoms with Gasteiger partial charge in [0.05, 0.1) is 5.92 Å². The molecule has 6 nitrogen and oxygen atoms in total. The van der Waals surface area contributed by atoms with Crippen LogP contribution in [0.1, 0.15) is 6.42 Å². The summed E-state index contributed by atoms with van der Waals surface area (Å²) in [6.07, 6.45) is 0.186. The highest BCUT2D eigenvalue weighted by molar-refractivity contribution is 6.07. The molecule has 1 saturated heterocycles. The molecule has 29 heavy (non-hydrogen) atoms. The number of rotatable bonds is 3. The Balaban J connectivity index is 1.34. The van der Waals surface area contributed by atoms with E-state index in [4.69, 9.17) is 9.47 Å². The molecule has 0 aromatic heterocycles. The van der Waals surface area contributed by atoms with Crippen LogP contribution in [0.4, 0.5) is 11.4 Å². The molecular weight excluding hydrogens is 368 g/mol. The lowest BCUT2D eigenvalue weighted by molar-refractivity contribution is -0.122. The molecule has 0 bridgehead atoms. The van der Waals surface area contributed by atoms with Gasteiger partial charge in [0.2, 0.25) is 11.8 Å². The molecule has 2 aliphatic rings. The quantitative estimate of drug-likeness (QED) is 0.744. The number of carbonyl (C=O) groups excluding carboxylic acids is 2. The Hall–Kier alpha value is -3.54. The standard InChI is InChI=1S/C23H20N2O4/c26-22-12-16(14-25(22)17-8-9-20-21(13-17)29-11-10-28-20)23(27)24-19-7-3-5-15-4-1-2-6-18(15)19/h1-9,13,16H,10-12,14H2,(H,24,27)/t16-/m1/s1. The van der Waals surface area contributed by atoms with E-state index in [1.165, 1.54) is 0 Å². The number of benzene rings is 3. The van der Waals surface area contributed by atoms with E-state index < -0.39 is 5.92 Å².